The van der Waals surface area contributed by atoms with Crippen molar-refractivity contribution < 1.29 is 5.11 Å². The van der Waals surface area contributed by atoms with Crippen LogP contribution in [0.4, 0.5) is 0 Å². The first-order chi connectivity index (χ1) is 13.1. The van der Waals surface area contributed by atoms with Gasteiger partial charge in [-0.25, -0.2) is 0 Å². The third kappa shape index (κ3) is 5.08. The first-order valence-corrected chi connectivity index (χ1v) is 10.4. The summed E-state index contributed by atoms with van der Waals surface area (Å²) in [5, 5.41) is 10.0. The number of hydrogen-bond acceptors (Lipinski definition) is 3. The highest BCUT2D eigenvalue weighted by molar-refractivity contribution is 5.85. The number of aryl methyl sites for hydroxylation is 1. The van der Waals surface area contributed by atoms with Gasteiger partial charge in [0.25, 0.3) is 0 Å². The molecule has 0 aromatic heterocycles. The van der Waals surface area contributed by atoms with Crippen LogP contribution >= 0.6 is 24.8 Å². The van der Waals surface area contributed by atoms with Crippen molar-refractivity contribution in [2.75, 3.05) is 13.1 Å². The number of nitrogens with two attached hydrogens (primary N) is 1. The van der Waals surface area contributed by atoms with E-state index in [1.54, 1.807) is 6.07 Å². The van der Waals surface area contributed by atoms with Gasteiger partial charge in [-0.1, -0.05) is 49.4 Å². The van der Waals surface area contributed by atoms with Crippen molar-refractivity contribution in [3.63, 3.8) is 0 Å². The quantitative estimate of drug-likeness (QED) is 0.697. The Bertz CT molecular complexity index is 772. The minimum Gasteiger partial charge on any atom is -0.508 e. The van der Waals surface area contributed by atoms with Crippen molar-refractivity contribution in [1.29, 1.82) is 0 Å². The van der Waals surface area contributed by atoms with Gasteiger partial charge in [0.1, 0.15) is 5.75 Å². The topological polar surface area (TPSA) is 49.5 Å². The first kappa shape index (κ1) is 24.0. The van der Waals surface area contributed by atoms with Gasteiger partial charge in [-0.05, 0) is 67.8 Å². The van der Waals surface area contributed by atoms with Gasteiger partial charge in [0, 0.05) is 24.0 Å². The van der Waals surface area contributed by atoms with Crippen LogP contribution in [0.25, 0.3) is 0 Å². The van der Waals surface area contributed by atoms with E-state index in [-0.39, 0.29) is 36.3 Å². The molecule has 4 atom stereocenters. The van der Waals surface area contributed by atoms with Crippen molar-refractivity contribution in [2.24, 2.45) is 11.7 Å². The summed E-state index contributed by atoms with van der Waals surface area (Å²) in [6.45, 7) is 4.65. The van der Waals surface area contributed by atoms with Gasteiger partial charge in [0.05, 0.1) is 0 Å². The zero-order valence-corrected chi connectivity index (χ0v) is 18.8. The fourth-order valence-corrected chi connectivity index (χ4v) is 5.58. The van der Waals surface area contributed by atoms with E-state index < -0.39 is 0 Å². The fraction of sp³-hybridized carbons (Fsp3) is 0.500. The molecule has 2 bridgehead atoms. The zero-order chi connectivity index (χ0) is 18.9. The molecule has 3 nitrogen and oxygen atoms in total. The highest BCUT2D eigenvalue weighted by Gasteiger charge is 2.50. The van der Waals surface area contributed by atoms with Crippen LogP contribution < -0.4 is 5.73 Å². The Morgan fingerprint density at radius 1 is 1.07 bits per heavy atom. The minimum atomic E-state index is 0. The fourth-order valence-electron chi connectivity index (χ4n) is 5.58. The van der Waals surface area contributed by atoms with Crippen LogP contribution in [0.1, 0.15) is 43.7 Å². The first-order valence-electron chi connectivity index (χ1n) is 10.4. The summed E-state index contributed by atoms with van der Waals surface area (Å²) in [5.41, 5.74) is 9.35. The maximum absolute atomic E-state index is 10.0. The van der Waals surface area contributed by atoms with Crippen molar-refractivity contribution >= 4 is 24.8 Å². The molecule has 2 aromatic rings. The molecule has 2 fully saturated rings. The molecule has 0 spiro atoms. The number of benzene rings is 2. The summed E-state index contributed by atoms with van der Waals surface area (Å²) < 4.78 is 0. The third-order valence-electron chi connectivity index (χ3n) is 6.94. The van der Waals surface area contributed by atoms with Gasteiger partial charge in [-0.3, -0.25) is 4.90 Å². The third-order valence-corrected chi connectivity index (χ3v) is 6.94. The predicted molar refractivity (Wildman–Crippen MR) is 125 cm³/mol. The lowest BCUT2D eigenvalue weighted by Gasteiger charge is -2.56. The number of piperidine rings is 1. The second-order valence-corrected chi connectivity index (χ2v) is 8.75. The Balaban J connectivity index is 0.00000150. The van der Waals surface area contributed by atoms with Gasteiger partial charge in [0.15, 0.2) is 0 Å². The van der Waals surface area contributed by atoms with E-state index in [2.05, 4.69) is 48.2 Å². The molecule has 0 unspecified atom stereocenters. The van der Waals surface area contributed by atoms with Crippen LogP contribution in [-0.2, 0) is 11.8 Å². The highest BCUT2D eigenvalue weighted by atomic mass is 35.5. The lowest BCUT2D eigenvalue weighted by atomic mass is 9.57. The van der Waals surface area contributed by atoms with E-state index in [0.29, 0.717) is 17.7 Å². The van der Waals surface area contributed by atoms with E-state index in [0.717, 1.165) is 38.8 Å². The summed E-state index contributed by atoms with van der Waals surface area (Å²) in [4.78, 5) is 2.69. The molecule has 2 aromatic carbocycles. The molecule has 1 saturated carbocycles. The van der Waals surface area contributed by atoms with Gasteiger partial charge in [0.2, 0.25) is 0 Å². The van der Waals surface area contributed by atoms with E-state index in [4.69, 9.17) is 5.73 Å². The smallest absolute Gasteiger partial charge is 0.115 e. The average molecular weight is 437 g/mol. The van der Waals surface area contributed by atoms with Crippen LogP contribution in [0.15, 0.2) is 54.6 Å². The summed E-state index contributed by atoms with van der Waals surface area (Å²) >= 11 is 0. The lowest BCUT2D eigenvalue weighted by molar-refractivity contribution is 0.00191. The Labute approximate surface area is 187 Å². The number of phenols is 1. The normalized spacial score (nSPS) is 28.8. The molecule has 1 aliphatic carbocycles. The van der Waals surface area contributed by atoms with Crippen molar-refractivity contribution in [2.45, 2.75) is 56.5 Å². The number of aromatic hydroxyl groups is 1. The van der Waals surface area contributed by atoms with E-state index in [9.17, 15) is 5.11 Å². The second-order valence-electron chi connectivity index (χ2n) is 8.75. The lowest BCUT2D eigenvalue weighted by Crippen LogP contribution is -2.60. The number of likely N-dealkylation sites (tertiary alicyclic amines) is 1. The van der Waals surface area contributed by atoms with Gasteiger partial charge >= 0.3 is 0 Å². The maximum Gasteiger partial charge on any atom is 0.115 e. The molecule has 1 aliphatic heterocycles. The largest absolute Gasteiger partial charge is 0.508 e. The molecule has 1 saturated heterocycles. The Hall–Kier alpha value is -1.26. The Kier molecular flexibility index (Phi) is 8.42. The van der Waals surface area contributed by atoms with E-state index in [1.165, 1.54) is 17.5 Å². The number of halogens is 2. The maximum atomic E-state index is 10.0. The van der Waals surface area contributed by atoms with Gasteiger partial charge in [-0.2, -0.15) is 0 Å². The highest BCUT2D eigenvalue weighted by Crippen LogP contribution is 2.50. The number of fused-ring (bicyclic) bond motifs is 2. The van der Waals surface area contributed by atoms with Gasteiger partial charge < -0.3 is 10.8 Å². The predicted octanol–water partition coefficient (Wildman–Crippen LogP) is 4.94. The van der Waals surface area contributed by atoms with Crippen molar-refractivity contribution in [1.82, 2.24) is 4.90 Å². The van der Waals surface area contributed by atoms with E-state index >= 15 is 0 Å². The number of rotatable bonds is 5. The monoisotopic (exact) mass is 436 g/mol. The Morgan fingerprint density at radius 2 is 1.83 bits per heavy atom. The minimum absolute atomic E-state index is 0. The van der Waals surface area contributed by atoms with Crippen molar-refractivity contribution in [3.8, 4) is 5.75 Å². The molecule has 160 valence electrons. The molecular formula is C24H34Cl2N2O. The van der Waals surface area contributed by atoms with Crippen molar-refractivity contribution in [3.05, 3.63) is 65.7 Å². The molecule has 1 heterocycles. The SMILES string of the molecule is C[C@@H]1CN(CCCc2ccccc2)[C@H]2C[C@H](N)C[C@]1(c1cccc(O)c1)C2.Cl.Cl. The van der Waals surface area contributed by atoms with Crippen LogP contribution in [0.5, 0.6) is 5.75 Å². The molecule has 3 N–H and O–H groups in total. The van der Waals surface area contributed by atoms with Crippen LogP contribution in [0.2, 0.25) is 0 Å². The molecule has 4 rings (SSSR count). The molecule has 5 heteroatoms. The van der Waals surface area contributed by atoms with E-state index in [1.807, 2.05) is 12.1 Å². The second kappa shape index (κ2) is 10.2. The summed E-state index contributed by atoms with van der Waals surface area (Å²) in [5.74, 6) is 0.911. The summed E-state index contributed by atoms with van der Waals surface area (Å²) in [6, 6.07) is 19.5. The Morgan fingerprint density at radius 3 is 2.55 bits per heavy atom. The molecule has 0 radical (unpaired) electrons. The summed E-state index contributed by atoms with van der Waals surface area (Å²) in [7, 11) is 0. The molecule has 2 aliphatic rings. The van der Waals surface area contributed by atoms with Crippen LogP contribution in [-0.4, -0.2) is 35.2 Å². The molecule has 29 heavy (non-hydrogen) atoms. The number of phenolic OH excluding ortho intramolecular Hbond substituents is 1. The van der Waals surface area contributed by atoms with Crippen LogP contribution in [0, 0.1) is 5.92 Å². The molecule has 0 amide bonds. The standard InChI is InChI=1S/C24H32N2O.2ClH/c1-18-17-26(12-6-9-19-7-3-2-4-8-19)22-14-21(25)15-24(18,16-22)20-10-5-11-23(27)13-20;;/h2-5,7-8,10-11,13,18,21-22,27H,6,9,12,14-17,25H2,1H3;2*1H/t18-,21+,22+,24+;;/m1../s1. The van der Waals surface area contributed by atoms with Crippen LogP contribution in [0.3, 0.4) is 0 Å². The van der Waals surface area contributed by atoms with Gasteiger partial charge in [-0.15, -0.1) is 24.8 Å². The summed E-state index contributed by atoms with van der Waals surface area (Å²) in [6.07, 6.45) is 5.63. The number of nitrogens with zero attached hydrogens (tertiary/aromatic N) is 1. The molecular weight excluding hydrogens is 403 g/mol. The number of hydrogen-bond donors (Lipinski definition) is 2. The zero-order valence-electron chi connectivity index (χ0n) is 17.2. The average Bonchev–Trinajstić information content (AvgIpc) is 2.66.